The monoisotopic (exact) mass is 330 g/mol. The zero-order valence-electron chi connectivity index (χ0n) is 15.2. The predicted octanol–water partition coefficient (Wildman–Crippen LogP) is 3.69. The Balaban J connectivity index is 1.69. The van der Waals surface area contributed by atoms with Crippen LogP contribution in [0.25, 0.3) is 0 Å². The summed E-state index contributed by atoms with van der Waals surface area (Å²) in [6.45, 7) is 6.29. The van der Waals surface area contributed by atoms with Crippen LogP contribution in [0.4, 0.5) is 0 Å². The van der Waals surface area contributed by atoms with Gasteiger partial charge in [-0.3, -0.25) is 9.59 Å². The number of carbonyl (C=O) groups is 2. The molecule has 4 unspecified atom stereocenters. The normalized spacial score (nSPS) is 50.6. The lowest BCUT2D eigenvalue weighted by Gasteiger charge is -2.57. The molecular weight excluding hydrogens is 300 g/mol. The molecule has 3 fully saturated rings. The van der Waals surface area contributed by atoms with Gasteiger partial charge in [0.15, 0.2) is 5.78 Å². The molecule has 3 heteroatoms. The molecule has 3 saturated carbocycles. The summed E-state index contributed by atoms with van der Waals surface area (Å²) in [6, 6.07) is 0. The van der Waals surface area contributed by atoms with E-state index in [2.05, 4.69) is 13.8 Å². The molecule has 3 nitrogen and oxygen atoms in total. The van der Waals surface area contributed by atoms with Gasteiger partial charge in [-0.2, -0.15) is 0 Å². The predicted molar refractivity (Wildman–Crippen MR) is 92.3 cm³/mol. The second kappa shape index (κ2) is 5.27. The second-order valence-corrected chi connectivity index (χ2v) is 9.40. The molecule has 4 aliphatic rings. The minimum Gasteiger partial charge on any atom is -0.392 e. The van der Waals surface area contributed by atoms with Crippen molar-refractivity contribution in [3.63, 3.8) is 0 Å². The van der Waals surface area contributed by atoms with Crippen LogP contribution in [-0.4, -0.2) is 22.8 Å². The maximum absolute atomic E-state index is 12.2. The highest BCUT2D eigenvalue weighted by molar-refractivity contribution is 5.91. The average Bonchev–Trinajstić information content (AvgIpc) is 2.78. The fourth-order valence-corrected chi connectivity index (χ4v) is 7.31. The van der Waals surface area contributed by atoms with E-state index in [1.54, 1.807) is 6.92 Å². The quantitative estimate of drug-likeness (QED) is 0.797. The van der Waals surface area contributed by atoms with Gasteiger partial charge in [-0.15, -0.1) is 0 Å². The SMILES string of the molecule is CC(=O)[C@H]1C(O)CC2C3CCC4=CC(=O)CC[C@]4(C)C3CC[C@@]21C. The number of aliphatic hydroxyl groups excluding tert-OH is 1. The smallest absolute Gasteiger partial charge is 0.155 e. The zero-order chi connectivity index (χ0) is 17.3. The van der Waals surface area contributed by atoms with Gasteiger partial charge < -0.3 is 5.11 Å². The Morgan fingerprint density at radius 3 is 2.62 bits per heavy atom. The van der Waals surface area contributed by atoms with Crippen LogP contribution in [0.1, 0.15) is 65.7 Å². The summed E-state index contributed by atoms with van der Waals surface area (Å²) in [5, 5.41) is 10.6. The first-order valence-corrected chi connectivity index (χ1v) is 9.70. The summed E-state index contributed by atoms with van der Waals surface area (Å²) in [7, 11) is 0. The number of ketones is 2. The Morgan fingerprint density at radius 1 is 1.17 bits per heavy atom. The van der Waals surface area contributed by atoms with Crippen LogP contribution >= 0.6 is 0 Å². The first-order valence-electron chi connectivity index (χ1n) is 9.70. The van der Waals surface area contributed by atoms with Gasteiger partial charge in [0.25, 0.3) is 0 Å². The van der Waals surface area contributed by atoms with Crippen LogP contribution in [-0.2, 0) is 9.59 Å². The second-order valence-electron chi connectivity index (χ2n) is 9.40. The van der Waals surface area contributed by atoms with Gasteiger partial charge in [0.1, 0.15) is 5.78 Å². The van der Waals surface area contributed by atoms with Crippen LogP contribution in [0, 0.1) is 34.5 Å². The van der Waals surface area contributed by atoms with Crippen molar-refractivity contribution in [3.05, 3.63) is 11.6 Å². The third-order valence-electron chi connectivity index (χ3n) is 8.43. The van der Waals surface area contributed by atoms with Gasteiger partial charge in [-0.25, -0.2) is 0 Å². The van der Waals surface area contributed by atoms with Gasteiger partial charge >= 0.3 is 0 Å². The maximum atomic E-state index is 12.2. The van der Waals surface area contributed by atoms with E-state index >= 15 is 0 Å². The molecule has 1 N–H and O–H groups in total. The van der Waals surface area contributed by atoms with Crippen molar-refractivity contribution >= 4 is 11.6 Å². The molecule has 0 amide bonds. The van der Waals surface area contributed by atoms with E-state index in [1.807, 2.05) is 6.08 Å². The minimum atomic E-state index is -0.464. The molecule has 0 aromatic carbocycles. The molecule has 0 spiro atoms. The summed E-state index contributed by atoms with van der Waals surface area (Å²) in [4.78, 5) is 24.1. The summed E-state index contributed by atoms with van der Waals surface area (Å²) in [5.74, 6) is 1.95. The number of fused-ring (bicyclic) bond motifs is 5. The van der Waals surface area contributed by atoms with Crippen molar-refractivity contribution < 1.29 is 14.7 Å². The van der Waals surface area contributed by atoms with Crippen LogP contribution in [0.15, 0.2) is 11.6 Å². The Morgan fingerprint density at radius 2 is 1.92 bits per heavy atom. The Labute approximate surface area is 144 Å². The lowest BCUT2D eigenvalue weighted by Crippen LogP contribution is -2.51. The number of hydrogen-bond acceptors (Lipinski definition) is 3. The lowest BCUT2D eigenvalue weighted by molar-refractivity contribution is -0.131. The Kier molecular flexibility index (Phi) is 3.62. The van der Waals surface area contributed by atoms with Crippen LogP contribution < -0.4 is 0 Å². The fraction of sp³-hybridized carbons (Fsp3) is 0.810. The highest BCUT2D eigenvalue weighted by Gasteiger charge is 2.62. The van der Waals surface area contributed by atoms with Gasteiger partial charge in [0.05, 0.1) is 6.10 Å². The van der Waals surface area contributed by atoms with Crippen molar-refractivity contribution in [3.8, 4) is 0 Å². The highest BCUT2D eigenvalue weighted by atomic mass is 16.3. The first kappa shape index (κ1) is 16.5. The molecule has 7 atom stereocenters. The number of aliphatic hydroxyl groups is 1. The third-order valence-corrected chi connectivity index (χ3v) is 8.43. The Bertz CT molecular complexity index is 621. The van der Waals surface area contributed by atoms with Crippen molar-refractivity contribution in [2.24, 2.45) is 34.5 Å². The van der Waals surface area contributed by atoms with Crippen molar-refractivity contribution in [2.45, 2.75) is 71.8 Å². The summed E-state index contributed by atoms with van der Waals surface area (Å²) >= 11 is 0. The number of carbonyl (C=O) groups excluding carboxylic acids is 2. The molecule has 0 radical (unpaired) electrons. The van der Waals surface area contributed by atoms with Gasteiger partial charge in [-0.05, 0) is 80.1 Å². The molecule has 0 aromatic rings. The molecular formula is C21H30O3. The first-order chi connectivity index (χ1) is 11.3. The Hall–Kier alpha value is -0.960. The third kappa shape index (κ3) is 2.06. The standard InChI is InChI=1S/C21H30O3/c1-12(22)19-18(24)11-17-15-5-4-13-10-14(23)6-8-20(13,2)16(15)7-9-21(17,19)3/h10,15-19,24H,4-9,11H2,1-3H3/t15?,16?,17?,18?,19-,20-,21-/m0/s1. The van der Waals surface area contributed by atoms with E-state index in [1.165, 1.54) is 5.57 Å². The number of hydrogen-bond donors (Lipinski definition) is 1. The van der Waals surface area contributed by atoms with Gasteiger partial charge in [-0.1, -0.05) is 19.4 Å². The minimum absolute atomic E-state index is 0.0333. The summed E-state index contributed by atoms with van der Waals surface area (Å²) < 4.78 is 0. The molecule has 0 aliphatic heterocycles. The molecule has 0 saturated heterocycles. The van der Waals surface area contributed by atoms with Gasteiger partial charge in [0, 0.05) is 12.3 Å². The molecule has 0 heterocycles. The van der Waals surface area contributed by atoms with E-state index in [0.717, 1.165) is 38.5 Å². The van der Waals surface area contributed by atoms with Crippen molar-refractivity contribution in [1.29, 1.82) is 0 Å². The molecule has 0 bridgehead atoms. The van der Waals surface area contributed by atoms with E-state index in [9.17, 15) is 14.7 Å². The largest absolute Gasteiger partial charge is 0.392 e. The topological polar surface area (TPSA) is 54.4 Å². The average molecular weight is 330 g/mol. The van der Waals surface area contributed by atoms with Crippen LogP contribution in [0.3, 0.4) is 0 Å². The van der Waals surface area contributed by atoms with E-state index in [4.69, 9.17) is 0 Å². The summed E-state index contributed by atoms with van der Waals surface area (Å²) in [6.07, 6.45) is 8.26. The molecule has 132 valence electrons. The fourth-order valence-electron chi connectivity index (χ4n) is 7.31. The highest BCUT2D eigenvalue weighted by Crippen LogP contribution is 2.66. The maximum Gasteiger partial charge on any atom is 0.155 e. The zero-order valence-corrected chi connectivity index (χ0v) is 15.2. The number of allylic oxidation sites excluding steroid dienone is 1. The van der Waals surface area contributed by atoms with E-state index in [-0.39, 0.29) is 22.5 Å². The van der Waals surface area contributed by atoms with Crippen molar-refractivity contribution in [1.82, 2.24) is 0 Å². The molecule has 0 aromatic heterocycles. The van der Waals surface area contributed by atoms with E-state index < -0.39 is 6.10 Å². The molecule has 24 heavy (non-hydrogen) atoms. The molecule has 4 rings (SSSR count). The molecule has 4 aliphatic carbocycles. The van der Waals surface area contributed by atoms with Crippen LogP contribution in [0.2, 0.25) is 0 Å². The number of rotatable bonds is 1. The van der Waals surface area contributed by atoms with Gasteiger partial charge in [0.2, 0.25) is 0 Å². The lowest BCUT2D eigenvalue weighted by atomic mass is 9.46. The summed E-state index contributed by atoms with van der Waals surface area (Å²) in [5.41, 5.74) is 1.51. The van der Waals surface area contributed by atoms with E-state index in [0.29, 0.717) is 30.0 Å². The number of Topliss-reactive ketones (excluding diaryl/α,β-unsaturated/α-hetero) is 1. The van der Waals surface area contributed by atoms with Crippen molar-refractivity contribution in [2.75, 3.05) is 0 Å². The van der Waals surface area contributed by atoms with Crippen LogP contribution in [0.5, 0.6) is 0 Å².